The van der Waals surface area contributed by atoms with Crippen LogP contribution in [0.3, 0.4) is 0 Å². The van der Waals surface area contributed by atoms with Crippen molar-refractivity contribution in [1.29, 1.82) is 5.26 Å². The van der Waals surface area contributed by atoms with E-state index < -0.39 is 0 Å². The molecule has 0 saturated heterocycles. The zero-order chi connectivity index (χ0) is 7.82. The first kappa shape index (κ1) is 8.97. The number of rotatable bonds is 3. The van der Waals surface area contributed by atoms with E-state index >= 15 is 0 Å². The van der Waals surface area contributed by atoms with Crippen molar-refractivity contribution in [2.45, 2.75) is 26.7 Å². The first-order chi connectivity index (χ1) is 4.85. The molecule has 1 heteroatoms. The van der Waals surface area contributed by atoms with Crippen LogP contribution in [-0.2, 0) is 0 Å². The van der Waals surface area contributed by atoms with Gasteiger partial charge in [-0.1, -0.05) is 25.5 Å². The molecule has 0 bridgehead atoms. The van der Waals surface area contributed by atoms with Crippen molar-refractivity contribution in [3.05, 3.63) is 23.8 Å². The summed E-state index contributed by atoms with van der Waals surface area (Å²) in [7, 11) is 0. The number of hydrogen-bond acceptors (Lipinski definition) is 1. The van der Waals surface area contributed by atoms with Gasteiger partial charge >= 0.3 is 0 Å². The summed E-state index contributed by atoms with van der Waals surface area (Å²) in [6.45, 7) is 4.18. The molecule has 0 aliphatic rings. The lowest BCUT2D eigenvalue weighted by Crippen LogP contribution is -1.72. The molecule has 1 nitrogen and oxygen atoms in total. The van der Waals surface area contributed by atoms with Crippen LogP contribution in [0.5, 0.6) is 0 Å². The lowest BCUT2D eigenvalue weighted by Gasteiger charge is -1.92. The van der Waals surface area contributed by atoms with Crippen molar-refractivity contribution >= 4 is 0 Å². The molecule has 0 aromatic rings. The van der Waals surface area contributed by atoms with E-state index in [1.54, 1.807) is 0 Å². The number of allylic oxidation sites excluding steroid dienone is 4. The monoisotopic (exact) mass is 135 g/mol. The Balaban J connectivity index is 3.98. The fourth-order valence-corrected chi connectivity index (χ4v) is 0.737. The van der Waals surface area contributed by atoms with E-state index in [4.69, 9.17) is 5.26 Å². The highest BCUT2D eigenvalue weighted by Crippen LogP contribution is 2.02. The van der Waals surface area contributed by atoms with Crippen LogP contribution in [-0.4, -0.2) is 0 Å². The predicted molar refractivity (Wildman–Crippen MR) is 43.4 cm³/mol. The Kier molecular flexibility index (Phi) is 5.47. The minimum atomic E-state index is 1.01. The highest BCUT2D eigenvalue weighted by atomic mass is 14.2. The molecule has 0 aromatic carbocycles. The fourth-order valence-electron chi connectivity index (χ4n) is 0.737. The Morgan fingerprint density at radius 1 is 1.50 bits per heavy atom. The quantitative estimate of drug-likeness (QED) is 0.431. The third-order valence-corrected chi connectivity index (χ3v) is 1.25. The predicted octanol–water partition coefficient (Wildman–Crippen LogP) is 2.81. The molecular formula is C9H13N. The van der Waals surface area contributed by atoms with Crippen molar-refractivity contribution in [2.24, 2.45) is 0 Å². The molecule has 0 aliphatic carbocycles. The first-order valence-corrected chi connectivity index (χ1v) is 3.60. The number of nitriles is 1. The molecule has 54 valence electrons. The van der Waals surface area contributed by atoms with Crippen molar-refractivity contribution in [3.63, 3.8) is 0 Å². The van der Waals surface area contributed by atoms with Gasteiger partial charge < -0.3 is 0 Å². The maximum Gasteiger partial charge on any atom is 0.0912 e. The molecule has 0 unspecified atom stereocenters. The molecular weight excluding hydrogens is 122 g/mol. The minimum absolute atomic E-state index is 1.01. The van der Waals surface area contributed by atoms with Crippen molar-refractivity contribution < 1.29 is 0 Å². The summed E-state index contributed by atoms with van der Waals surface area (Å²) in [6.07, 6.45) is 7.56. The summed E-state index contributed by atoms with van der Waals surface area (Å²) < 4.78 is 0. The van der Waals surface area contributed by atoms with E-state index in [-0.39, 0.29) is 0 Å². The van der Waals surface area contributed by atoms with Crippen molar-refractivity contribution in [1.82, 2.24) is 0 Å². The second-order valence-corrected chi connectivity index (χ2v) is 2.00. The van der Waals surface area contributed by atoms with Crippen LogP contribution in [0.15, 0.2) is 23.8 Å². The SMILES string of the molecule is CC/C=C(/C=C\C#N)CC. The van der Waals surface area contributed by atoms with Gasteiger partial charge in [0.15, 0.2) is 0 Å². The lowest BCUT2D eigenvalue weighted by molar-refractivity contribution is 1.10. The second kappa shape index (κ2) is 6.10. The molecule has 0 saturated carbocycles. The van der Waals surface area contributed by atoms with Gasteiger partial charge in [0.25, 0.3) is 0 Å². The maximum absolute atomic E-state index is 8.21. The van der Waals surface area contributed by atoms with Crippen LogP contribution in [0.25, 0.3) is 0 Å². The Bertz CT molecular complexity index is 170. The topological polar surface area (TPSA) is 23.8 Å². The lowest BCUT2D eigenvalue weighted by atomic mass is 10.1. The van der Waals surface area contributed by atoms with E-state index in [9.17, 15) is 0 Å². The molecule has 0 atom stereocenters. The highest BCUT2D eigenvalue weighted by Gasteiger charge is 1.83. The summed E-state index contributed by atoms with van der Waals surface area (Å²) in [4.78, 5) is 0. The Morgan fingerprint density at radius 3 is 2.60 bits per heavy atom. The summed E-state index contributed by atoms with van der Waals surface area (Å²) in [5.41, 5.74) is 1.24. The number of hydrogen-bond donors (Lipinski definition) is 0. The highest BCUT2D eigenvalue weighted by molar-refractivity contribution is 5.22. The van der Waals surface area contributed by atoms with Crippen LogP contribution in [0.2, 0.25) is 0 Å². The van der Waals surface area contributed by atoms with Crippen LogP contribution >= 0.6 is 0 Å². The molecule has 0 N–H and O–H groups in total. The maximum atomic E-state index is 8.21. The largest absolute Gasteiger partial charge is 0.193 e. The average Bonchev–Trinajstić information content (AvgIpc) is 1.98. The second-order valence-electron chi connectivity index (χ2n) is 2.00. The summed E-state index contributed by atoms with van der Waals surface area (Å²) >= 11 is 0. The van der Waals surface area contributed by atoms with E-state index in [1.165, 1.54) is 11.6 Å². The van der Waals surface area contributed by atoms with Gasteiger partial charge in [-0.05, 0) is 18.9 Å². The zero-order valence-electron chi connectivity index (χ0n) is 6.59. The van der Waals surface area contributed by atoms with E-state index in [1.807, 2.05) is 12.1 Å². The third-order valence-electron chi connectivity index (χ3n) is 1.25. The van der Waals surface area contributed by atoms with Gasteiger partial charge in [-0.15, -0.1) is 0 Å². The summed E-state index contributed by atoms with van der Waals surface area (Å²) in [6, 6.07) is 1.97. The van der Waals surface area contributed by atoms with Gasteiger partial charge in [0.1, 0.15) is 0 Å². The molecule has 0 radical (unpaired) electrons. The van der Waals surface area contributed by atoms with Gasteiger partial charge in [-0.3, -0.25) is 0 Å². The van der Waals surface area contributed by atoms with Crippen LogP contribution in [0.4, 0.5) is 0 Å². The Morgan fingerprint density at radius 2 is 2.20 bits per heavy atom. The molecule has 0 aromatic heterocycles. The fraction of sp³-hybridized carbons (Fsp3) is 0.444. The Hall–Kier alpha value is -1.03. The molecule has 0 spiro atoms. The van der Waals surface area contributed by atoms with Gasteiger partial charge in [0, 0.05) is 6.08 Å². The molecule has 10 heavy (non-hydrogen) atoms. The Labute approximate surface area is 62.7 Å². The molecule has 0 heterocycles. The van der Waals surface area contributed by atoms with Crippen molar-refractivity contribution in [2.75, 3.05) is 0 Å². The summed E-state index contributed by atoms with van der Waals surface area (Å²) in [5, 5.41) is 8.21. The van der Waals surface area contributed by atoms with Crippen LogP contribution in [0, 0.1) is 11.3 Å². The van der Waals surface area contributed by atoms with E-state index in [0.29, 0.717) is 0 Å². The standard InChI is InChI=1S/C9H13N/c1-3-6-9(4-2)7-5-8-10/h5-7H,3-4H2,1-2H3/b7-5-,9-6+. The molecule has 0 rings (SSSR count). The molecule has 0 fully saturated rings. The van der Waals surface area contributed by atoms with Gasteiger partial charge in [0.05, 0.1) is 6.07 Å². The van der Waals surface area contributed by atoms with E-state index in [2.05, 4.69) is 19.9 Å². The van der Waals surface area contributed by atoms with Crippen molar-refractivity contribution in [3.8, 4) is 6.07 Å². The normalized spacial score (nSPS) is 11.9. The van der Waals surface area contributed by atoms with Gasteiger partial charge in [-0.25, -0.2) is 0 Å². The smallest absolute Gasteiger partial charge is 0.0912 e. The number of nitrogens with zero attached hydrogens (tertiary/aromatic N) is 1. The van der Waals surface area contributed by atoms with E-state index in [0.717, 1.165) is 12.8 Å². The van der Waals surface area contributed by atoms with Gasteiger partial charge in [0.2, 0.25) is 0 Å². The third kappa shape index (κ3) is 3.91. The van der Waals surface area contributed by atoms with Crippen LogP contribution < -0.4 is 0 Å². The molecule has 0 amide bonds. The van der Waals surface area contributed by atoms with Gasteiger partial charge in [-0.2, -0.15) is 5.26 Å². The molecule has 0 aliphatic heterocycles. The van der Waals surface area contributed by atoms with Crippen LogP contribution in [0.1, 0.15) is 26.7 Å². The zero-order valence-corrected chi connectivity index (χ0v) is 6.59. The summed E-state index contributed by atoms with van der Waals surface area (Å²) in [5.74, 6) is 0. The minimum Gasteiger partial charge on any atom is -0.193 e. The first-order valence-electron chi connectivity index (χ1n) is 3.60. The average molecular weight is 135 g/mol.